The van der Waals surface area contributed by atoms with Gasteiger partial charge in [0.05, 0.1) is 5.39 Å². The van der Waals surface area contributed by atoms with E-state index >= 15 is 0 Å². The predicted octanol–water partition coefficient (Wildman–Crippen LogP) is 3.98. The SMILES string of the molecule is Cc1ccc2c(CSc3nc(N)c4ccsc4n3)cc(=O)oc2c1. The molecule has 0 aliphatic rings. The summed E-state index contributed by atoms with van der Waals surface area (Å²) in [5.74, 6) is 1.05. The van der Waals surface area contributed by atoms with Gasteiger partial charge < -0.3 is 10.2 Å². The molecule has 0 aliphatic carbocycles. The van der Waals surface area contributed by atoms with Crippen molar-refractivity contribution in [3.8, 4) is 0 Å². The number of aryl methyl sites for hydroxylation is 1. The lowest BCUT2D eigenvalue weighted by Gasteiger charge is -2.06. The van der Waals surface area contributed by atoms with Gasteiger partial charge in [-0.05, 0) is 35.6 Å². The zero-order chi connectivity index (χ0) is 16.7. The third-order valence-electron chi connectivity index (χ3n) is 3.68. The van der Waals surface area contributed by atoms with Crippen molar-refractivity contribution in [3.63, 3.8) is 0 Å². The van der Waals surface area contributed by atoms with Crippen molar-refractivity contribution in [3.05, 3.63) is 57.3 Å². The van der Waals surface area contributed by atoms with Gasteiger partial charge in [-0.25, -0.2) is 14.8 Å². The fraction of sp³-hybridized carbons (Fsp3) is 0.118. The van der Waals surface area contributed by atoms with E-state index < -0.39 is 0 Å². The molecule has 3 aromatic heterocycles. The standard InChI is InChI=1S/C17H13N3O2S2/c1-9-2-3-11-10(7-14(21)22-13(11)6-9)8-24-17-19-15(18)12-4-5-23-16(12)20-17/h2-7H,8H2,1H3,(H2,18,19,20). The second-order valence-corrected chi connectivity index (χ2v) is 7.25. The van der Waals surface area contributed by atoms with Gasteiger partial charge in [0.25, 0.3) is 0 Å². The van der Waals surface area contributed by atoms with Crippen LogP contribution in [0.1, 0.15) is 11.1 Å². The number of fused-ring (bicyclic) bond motifs is 2. The molecule has 0 saturated heterocycles. The first-order valence-electron chi connectivity index (χ1n) is 7.27. The third kappa shape index (κ3) is 2.76. The maximum Gasteiger partial charge on any atom is 0.336 e. The highest BCUT2D eigenvalue weighted by Gasteiger charge is 2.10. The second-order valence-electron chi connectivity index (χ2n) is 5.41. The molecule has 24 heavy (non-hydrogen) atoms. The van der Waals surface area contributed by atoms with Crippen LogP contribution in [-0.2, 0) is 5.75 Å². The molecule has 0 fully saturated rings. The Bertz CT molecular complexity index is 1120. The molecule has 0 radical (unpaired) electrons. The number of thiophene rings is 1. The van der Waals surface area contributed by atoms with Crippen LogP contribution in [0.4, 0.5) is 5.82 Å². The van der Waals surface area contributed by atoms with Gasteiger partial charge in [0, 0.05) is 17.2 Å². The Balaban J connectivity index is 1.70. The van der Waals surface area contributed by atoms with Crippen molar-refractivity contribution in [1.29, 1.82) is 0 Å². The number of thioether (sulfide) groups is 1. The number of nitrogen functional groups attached to an aromatic ring is 1. The van der Waals surface area contributed by atoms with Crippen LogP contribution in [0.25, 0.3) is 21.2 Å². The van der Waals surface area contributed by atoms with E-state index in [2.05, 4.69) is 9.97 Å². The number of aromatic nitrogens is 2. The largest absolute Gasteiger partial charge is 0.423 e. The van der Waals surface area contributed by atoms with Gasteiger partial charge >= 0.3 is 5.63 Å². The average Bonchev–Trinajstić information content (AvgIpc) is 3.01. The summed E-state index contributed by atoms with van der Waals surface area (Å²) in [4.78, 5) is 21.5. The van der Waals surface area contributed by atoms with Gasteiger partial charge in [-0.3, -0.25) is 0 Å². The predicted molar refractivity (Wildman–Crippen MR) is 98.6 cm³/mol. The minimum absolute atomic E-state index is 0.349. The number of rotatable bonds is 3. The molecule has 1 aromatic carbocycles. The first kappa shape index (κ1) is 15.2. The summed E-state index contributed by atoms with van der Waals surface area (Å²) in [7, 11) is 0. The summed E-state index contributed by atoms with van der Waals surface area (Å²) < 4.78 is 5.29. The summed E-state index contributed by atoms with van der Waals surface area (Å²) in [5.41, 5.74) is 8.19. The normalized spacial score (nSPS) is 11.4. The molecule has 0 bridgehead atoms. The van der Waals surface area contributed by atoms with E-state index in [0.717, 1.165) is 26.7 Å². The van der Waals surface area contributed by atoms with Gasteiger partial charge in [0.2, 0.25) is 0 Å². The molecular weight excluding hydrogens is 342 g/mol. The number of hydrogen-bond donors (Lipinski definition) is 1. The molecule has 5 nitrogen and oxygen atoms in total. The van der Waals surface area contributed by atoms with Crippen LogP contribution in [0, 0.1) is 6.92 Å². The third-order valence-corrected chi connectivity index (χ3v) is 5.38. The van der Waals surface area contributed by atoms with Gasteiger partial charge in [0.15, 0.2) is 5.16 Å². The molecule has 2 N–H and O–H groups in total. The summed E-state index contributed by atoms with van der Waals surface area (Å²) in [6.45, 7) is 1.97. The molecule has 4 rings (SSSR count). The summed E-state index contributed by atoms with van der Waals surface area (Å²) >= 11 is 2.99. The van der Waals surface area contributed by atoms with Crippen molar-refractivity contribution in [2.45, 2.75) is 17.8 Å². The average molecular weight is 355 g/mol. The summed E-state index contributed by atoms with van der Waals surface area (Å²) in [5, 5.41) is 4.36. The number of nitrogens with two attached hydrogens (primary N) is 1. The fourth-order valence-electron chi connectivity index (χ4n) is 2.52. The quantitative estimate of drug-likeness (QED) is 0.340. The molecule has 0 atom stereocenters. The number of anilines is 1. The first-order valence-corrected chi connectivity index (χ1v) is 9.13. The molecule has 0 amide bonds. The van der Waals surface area contributed by atoms with Crippen molar-refractivity contribution >= 4 is 50.1 Å². The van der Waals surface area contributed by atoms with E-state index in [4.69, 9.17) is 10.2 Å². The first-order chi connectivity index (χ1) is 11.6. The molecule has 0 spiro atoms. The maximum absolute atomic E-state index is 11.8. The van der Waals surface area contributed by atoms with E-state index in [1.54, 1.807) is 0 Å². The summed E-state index contributed by atoms with van der Waals surface area (Å²) in [6, 6.07) is 9.29. The Hall–Kier alpha value is -2.38. The number of hydrogen-bond acceptors (Lipinski definition) is 7. The highest BCUT2D eigenvalue weighted by molar-refractivity contribution is 7.98. The van der Waals surface area contributed by atoms with E-state index in [9.17, 15) is 4.79 Å². The molecular formula is C17H13N3O2S2. The van der Waals surface area contributed by atoms with E-state index in [1.165, 1.54) is 29.2 Å². The van der Waals surface area contributed by atoms with Crippen LogP contribution in [0.15, 0.2) is 50.1 Å². The van der Waals surface area contributed by atoms with Gasteiger partial charge in [-0.1, -0.05) is 23.9 Å². The van der Waals surface area contributed by atoms with Crippen LogP contribution in [0.3, 0.4) is 0 Å². The Kier molecular flexibility index (Phi) is 3.74. The molecule has 120 valence electrons. The minimum Gasteiger partial charge on any atom is -0.423 e. The lowest BCUT2D eigenvalue weighted by atomic mass is 10.1. The minimum atomic E-state index is -0.349. The Morgan fingerprint density at radius 2 is 2.08 bits per heavy atom. The zero-order valence-corrected chi connectivity index (χ0v) is 14.4. The van der Waals surface area contributed by atoms with E-state index in [-0.39, 0.29) is 5.63 Å². The van der Waals surface area contributed by atoms with Crippen LogP contribution in [0.5, 0.6) is 0 Å². The zero-order valence-electron chi connectivity index (χ0n) is 12.8. The van der Waals surface area contributed by atoms with Gasteiger partial charge in [-0.15, -0.1) is 11.3 Å². The molecule has 0 unspecified atom stereocenters. The highest BCUT2D eigenvalue weighted by atomic mass is 32.2. The van der Waals surface area contributed by atoms with Crippen LogP contribution >= 0.6 is 23.1 Å². The summed E-state index contributed by atoms with van der Waals surface area (Å²) in [6.07, 6.45) is 0. The van der Waals surface area contributed by atoms with Crippen molar-refractivity contribution < 1.29 is 4.42 Å². The van der Waals surface area contributed by atoms with Crippen LogP contribution in [0.2, 0.25) is 0 Å². The van der Waals surface area contributed by atoms with Crippen molar-refractivity contribution in [2.24, 2.45) is 0 Å². The topological polar surface area (TPSA) is 82.0 Å². The molecule has 0 saturated carbocycles. The van der Waals surface area contributed by atoms with Crippen molar-refractivity contribution in [2.75, 3.05) is 5.73 Å². The number of nitrogens with zero attached hydrogens (tertiary/aromatic N) is 2. The lowest BCUT2D eigenvalue weighted by molar-refractivity contribution is 0.559. The monoisotopic (exact) mass is 355 g/mol. The second kappa shape index (κ2) is 5.92. The fourth-order valence-corrected chi connectivity index (χ4v) is 4.19. The van der Waals surface area contributed by atoms with Crippen LogP contribution in [-0.4, -0.2) is 9.97 Å². The Labute approximate surface area is 145 Å². The molecule has 4 aromatic rings. The molecule has 7 heteroatoms. The highest BCUT2D eigenvalue weighted by Crippen LogP contribution is 2.29. The molecule has 0 aliphatic heterocycles. The number of benzene rings is 1. The lowest BCUT2D eigenvalue weighted by Crippen LogP contribution is -2.01. The van der Waals surface area contributed by atoms with Crippen LogP contribution < -0.4 is 11.4 Å². The van der Waals surface area contributed by atoms with Gasteiger partial charge in [0.1, 0.15) is 16.2 Å². The van der Waals surface area contributed by atoms with E-state index in [1.807, 2.05) is 36.6 Å². The Morgan fingerprint density at radius 3 is 2.96 bits per heavy atom. The van der Waals surface area contributed by atoms with Gasteiger partial charge in [-0.2, -0.15) is 0 Å². The van der Waals surface area contributed by atoms with Crippen molar-refractivity contribution in [1.82, 2.24) is 9.97 Å². The van der Waals surface area contributed by atoms with E-state index in [0.29, 0.717) is 22.3 Å². The maximum atomic E-state index is 11.8. The smallest absolute Gasteiger partial charge is 0.336 e. The molecule has 3 heterocycles. The Morgan fingerprint density at radius 1 is 1.21 bits per heavy atom.